The molecule has 3 aliphatic rings. The minimum Gasteiger partial charge on any atom is -0.497 e. The van der Waals surface area contributed by atoms with Crippen molar-refractivity contribution in [3.63, 3.8) is 0 Å². The molecule has 1 unspecified atom stereocenters. The first-order valence-corrected chi connectivity index (χ1v) is 10.5. The average Bonchev–Trinajstić information content (AvgIpc) is 2.58. The molecule has 0 amide bonds. The molecule has 1 aromatic rings. The van der Waals surface area contributed by atoms with Gasteiger partial charge in [-0.3, -0.25) is 0 Å². The van der Waals surface area contributed by atoms with Crippen LogP contribution in [0.2, 0.25) is 0 Å². The van der Waals surface area contributed by atoms with Crippen LogP contribution in [0.4, 0.5) is 0 Å². The minimum absolute atomic E-state index is 0.596. The van der Waals surface area contributed by atoms with E-state index in [9.17, 15) is 0 Å². The van der Waals surface area contributed by atoms with E-state index in [2.05, 4.69) is 58.9 Å². The normalized spacial score (nSPS) is 31.5. The highest BCUT2D eigenvalue weighted by Gasteiger charge is 2.57. The first-order valence-electron chi connectivity index (χ1n) is 10.5. The molecule has 0 aliphatic heterocycles. The number of ether oxygens (including phenoxy) is 1. The van der Waals surface area contributed by atoms with Crippen molar-refractivity contribution >= 4 is 0 Å². The lowest BCUT2D eigenvalue weighted by Gasteiger charge is -2.63. The zero-order valence-electron chi connectivity index (χ0n) is 17.2. The van der Waals surface area contributed by atoms with Crippen molar-refractivity contribution in [1.82, 2.24) is 0 Å². The van der Waals surface area contributed by atoms with Gasteiger partial charge in [0.1, 0.15) is 5.75 Å². The largest absolute Gasteiger partial charge is 0.497 e. The summed E-state index contributed by atoms with van der Waals surface area (Å²) in [4.78, 5) is 0. The van der Waals surface area contributed by atoms with Crippen LogP contribution in [0.1, 0.15) is 65.9 Å². The molecule has 4 rings (SSSR count). The van der Waals surface area contributed by atoms with Crippen LogP contribution in [0.15, 0.2) is 24.3 Å². The Bertz CT molecular complexity index is 556. The third kappa shape index (κ3) is 3.76. The number of hydrogen-bond acceptors (Lipinski definition) is 1. The van der Waals surface area contributed by atoms with E-state index in [1.807, 2.05) is 0 Å². The Hall–Kier alpha value is -0.980. The standard InChI is InChI=1S/C24H38O/c1-16(2)7-10-19(13-18-8-11-21(25-6)12-9-18)22-14-20-15-23(17(22)3)24(20,4)5/h8-9,11-12,16-17,19-20,22-23H,7,10,13-15H2,1-6H3/t17-,19?,20+,22+,23+/m0/s1. The molecule has 0 radical (unpaired) electrons. The van der Waals surface area contributed by atoms with Gasteiger partial charge in [-0.2, -0.15) is 0 Å². The lowest BCUT2D eigenvalue weighted by molar-refractivity contribution is -0.141. The Balaban J connectivity index is 1.73. The second-order valence-corrected chi connectivity index (χ2v) is 9.90. The highest BCUT2D eigenvalue weighted by molar-refractivity contribution is 5.27. The average molecular weight is 343 g/mol. The molecular weight excluding hydrogens is 304 g/mol. The number of benzene rings is 1. The van der Waals surface area contributed by atoms with E-state index in [-0.39, 0.29) is 0 Å². The van der Waals surface area contributed by atoms with Crippen LogP contribution in [0.5, 0.6) is 5.75 Å². The van der Waals surface area contributed by atoms with Crippen LogP contribution in [-0.2, 0) is 6.42 Å². The van der Waals surface area contributed by atoms with Gasteiger partial charge < -0.3 is 4.74 Å². The molecule has 5 atom stereocenters. The molecule has 1 nitrogen and oxygen atoms in total. The van der Waals surface area contributed by atoms with E-state index in [0.717, 1.165) is 41.3 Å². The Morgan fingerprint density at radius 1 is 1.08 bits per heavy atom. The van der Waals surface area contributed by atoms with Gasteiger partial charge in [0.2, 0.25) is 0 Å². The van der Waals surface area contributed by atoms with Gasteiger partial charge in [0, 0.05) is 0 Å². The second-order valence-electron chi connectivity index (χ2n) is 9.90. The third-order valence-electron chi connectivity index (χ3n) is 7.79. The van der Waals surface area contributed by atoms with Crippen molar-refractivity contribution in [2.45, 2.75) is 66.7 Å². The molecule has 140 valence electrons. The van der Waals surface area contributed by atoms with Crippen molar-refractivity contribution in [2.75, 3.05) is 7.11 Å². The summed E-state index contributed by atoms with van der Waals surface area (Å²) >= 11 is 0. The fourth-order valence-electron chi connectivity index (χ4n) is 5.89. The topological polar surface area (TPSA) is 9.23 Å². The maximum atomic E-state index is 5.33. The molecule has 0 heterocycles. The van der Waals surface area contributed by atoms with Crippen LogP contribution in [0.25, 0.3) is 0 Å². The van der Waals surface area contributed by atoms with Gasteiger partial charge >= 0.3 is 0 Å². The zero-order valence-corrected chi connectivity index (χ0v) is 17.2. The van der Waals surface area contributed by atoms with Crippen molar-refractivity contribution in [3.05, 3.63) is 29.8 Å². The first kappa shape index (κ1) is 18.8. The summed E-state index contributed by atoms with van der Waals surface area (Å²) < 4.78 is 5.33. The highest BCUT2D eigenvalue weighted by atomic mass is 16.5. The minimum atomic E-state index is 0.596. The molecule has 1 heteroatoms. The van der Waals surface area contributed by atoms with Crippen LogP contribution in [-0.4, -0.2) is 7.11 Å². The molecule has 0 N–H and O–H groups in total. The summed E-state index contributed by atoms with van der Waals surface area (Å²) in [6, 6.07) is 8.80. The van der Waals surface area contributed by atoms with E-state index < -0.39 is 0 Å². The SMILES string of the molecule is COc1ccc(CC(CCC(C)C)[C@@H]2C[C@@H]3C[C@H]([C@H]2C)C3(C)C)cc1. The lowest BCUT2D eigenvalue weighted by Crippen LogP contribution is -2.56. The van der Waals surface area contributed by atoms with Crippen molar-refractivity contribution in [3.8, 4) is 5.75 Å². The van der Waals surface area contributed by atoms with Crippen molar-refractivity contribution < 1.29 is 4.74 Å². The number of fused-ring (bicyclic) bond motifs is 2. The summed E-state index contributed by atoms with van der Waals surface area (Å²) in [5, 5.41) is 0. The van der Waals surface area contributed by atoms with Crippen molar-refractivity contribution in [2.24, 2.45) is 40.9 Å². The van der Waals surface area contributed by atoms with Gasteiger partial charge in [0.25, 0.3) is 0 Å². The fraction of sp³-hybridized carbons (Fsp3) is 0.750. The molecule has 3 aliphatic carbocycles. The van der Waals surface area contributed by atoms with Crippen molar-refractivity contribution in [1.29, 1.82) is 0 Å². The predicted octanol–water partition coefficient (Wildman–Crippen LogP) is 6.61. The van der Waals surface area contributed by atoms with E-state index in [1.54, 1.807) is 7.11 Å². The van der Waals surface area contributed by atoms with Crippen LogP contribution in [0.3, 0.4) is 0 Å². The maximum Gasteiger partial charge on any atom is 0.118 e. The molecule has 0 saturated heterocycles. The lowest BCUT2D eigenvalue weighted by atomic mass is 9.42. The van der Waals surface area contributed by atoms with E-state index >= 15 is 0 Å². The Morgan fingerprint density at radius 2 is 1.76 bits per heavy atom. The Kier molecular flexibility index (Phi) is 5.51. The second kappa shape index (κ2) is 7.33. The van der Waals surface area contributed by atoms with E-state index in [0.29, 0.717) is 5.41 Å². The van der Waals surface area contributed by atoms with Gasteiger partial charge in [0.05, 0.1) is 7.11 Å². The van der Waals surface area contributed by atoms with Gasteiger partial charge in [-0.05, 0) is 84.3 Å². The summed E-state index contributed by atoms with van der Waals surface area (Å²) in [6.45, 7) is 12.3. The summed E-state index contributed by atoms with van der Waals surface area (Å²) in [7, 11) is 1.75. The van der Waals surface area contributed by atoms with Gasteiger partial charge in [-0.15, -0.1) is 0 Å². The smallest absolute Gasteiger partial charge is 0.118 e. The van der Waals surface area contributed by atoms with Gasteiger partial charge in [-0.1, -0.05) is 53.2 Å². The quantitative estimate of drug-likeness (QED) is 0.542. The molecule has 3 saturated carbocycles. The predicted molar refractivity (Wildman–Crippen MR) is 107 cm³/mol. The van der Waals surface area contributed by atoms with Crippen LogP contribution >= 0.6 is 0 Å². The molecule has 1 aromatic carbocycles. The summed E-state index contributed by atoms with van der Waals surface area (Å²) in [6.07, 6.45) is 6.95. The highest BCUT2D eigenvalue weighted by Crippen LogP contribution is 2.64. The Labute approximate surface area is 155 Å². The number of methoxy groups -OCH3 is 1. The number of hydrogen-bond donors (Lipinski definition) is 0. The summed E-state index contributed by atoms with van der Waals surface area (Å²) in [5.74, 6) is 6.34. The van der Waals surface area contributed by atoms with Crippen LogP contribution in [0, 0.1) is 40.9 Å². The third-order valence-corrected chi connectivity index (χ3v) is 7.79. The molecular formula is C24H38O. The molecule has 2 bridgehead atoms. The molecule has 0 spiro atoms. The zero-order chi connectivity index (χ0) is 18.2. The summed E-state index contributed by atoms with van der Waals surface area (Å²) in [5.41, 5.74) is 2.08. The molecule has 0 aromatic heterocycles. The first-order chi connectivity index (χ1) is 11.8. The fourth-order valence-corrected chi connectivity index (χ4v) is 5.89. The number of rotatable bonds is 7. The molecule has 3 fully saturated rings. The van der Waals surface area contributed by atoms with E-state index in [1.165, 1.54) is 37.7 Å². The molecule has 25 heavy (non-hydrogen) atoms. The van der Waals surface area contributed by atoms with Gasteiger partial charge in [0.15, 0.2) is 0 Å². The van der Waals surface area contributed by atoms with Crippen LogP contribution < -0.4 is 4.74 Å². The van der Waals surface area contributed by atoms with Gasteiger partial charge in [-0.25, -0.2) is 0 Å². The monoisotopic (exact) mass is 342 g/mol. The van der Waals surface area contributed by atoms with E-state index in [4.69, 9.17) is 4.74 Å². The Morgan fingerprint density at radius 3 is 2.28 bits per heavy atom. The maximum absolute atomic E-state index is 5.33.